The molecule has 3 N–H and O–H groups in total. The highest BCUT2D eigenvalue weighted by atomic mass is 16.6. The zero-order valence-electron chi connectivity index (χ0n) is 12.9. The van der Waals surface area contributed by atoms with Crippen molar-refractivity contribution in [2.75, 3.05) is 0 Å². The van der Waals surface area contributed by atoms with Gasteiger partial charge in [-0.15, -0.1) is 10.2 Å². The summed E-state index contributed by atoms with van der Waals surface area (Å²) in [5.74, 6) is -1.10. The van der Waals surface area contributed by atoms with Gasteiger partial charge in [-0.2, -0.15) is 0 Å². The number of nitro groups is 1. The van der Waals surface area contributed by atoms with Crippen LogP contribution in [0.2, 0.25) is 0 Å². The molecule has 26 heavy (non-hydrogen) atoms. The van der Waals surface area contributed by atoms with Crippen molar-refractivity contribution in [2.24, 2.45) is 15.4 Å². The predicted molar refractivity (Wildman–Crippen MR) is 89.1 cm³/mol. The number of fused-ring (bicyclic) bond motifs is 1. The lowest BCUT2D eigenvalue weighted by Crippen LogP contribution is -1.96. The molecular weight excluding hydrogens is 344 g/mol. The Kier molecular flexibility index (Phi) is 4.34. The van der Waals surface area contributed by atoms with E-state index in [2.05, 4.69) is 25.4 Å². The Morgan fingerprint density at radius 2 is 2.12 bits per heavy atom. The van der Waals surface area contributed by atoms with E-state index in [-0.39, 0.29) is 28.2 Å². The molecular formula is C15H10N6O5. The first-order valence-electron chi connectivity index (χ1n) is 7.08. The van der Waals surface area contributed by atoms with Crippen molar-refractivity contribution in [3.8, 4) is 5.88 Å². The van der Waals surface area contributed by atoms with Crippen LogP contribution in [-0.2, 0) is 0 Å². The number of aromatic nitrogens is 2. The number of H-pyrrole nitrogens is 1. The first kappa shape index (κ1) is 16.7. The van der Waals surface area contributed by atoms with Gasteiger partial charge in [-0.3, -0.25) is 19.9 Å². The minimum Gasteiger partial charge on any atom is -0.493 e. The molecule has 0 radical (unpaired) electrons. The Morgan fingerprint density at radius 1 is 1.31 bits per heavy atom. The number of azo groups is 1. The third-order valence-electron chi connectivity index (χ3n) is 3.41. The van der Waals surface area contributed by atoms with Gasteiger partial charge in [0.1, 0.15) is 0 Å². The molecule has 2 heterocycles. The molecule has 0 atom stereocenters. The molecule has 3 aromatic rings. The van der Waals surface area contributed by atoms with Crippen LogP contribution in [0.4, 0.5) is 11.4 Å². The molecule has 11 nitrogen and oxygen atoms in total. The fourth-order valence-corrected chi connectivity index (χ4v) is 2.19. The number of aromatic hydroxyl groups is 1. The van der Waals surface area contributed by atoms with Crippen molar-refractivity contribution in [1.82, 2.24) is 9.97 Å². The number of nitro benzene ring substituents is 1. The number of hydrogen-bond donors (Lipinski definition) is 3. The van der Waals surface area contributed by atoms with Gasteiger partial charge in [0.15, 0.2) is 5.69 Å². The summed E-state index contributed by atoms with van der Waals surface area (Å²) in [4.78, 5) is 28.8. The van der Waals surface area contributed by atoms with E-state index >= 15 is 0 Å². The topological polar surface area (TPSA) is 166 Å². The van der Waals surface area contributed by atoms with Gasteiger partial charge in [0.05, 0.1) is 27.9 Å². The average Bonchev–Trinajstić information content (AvgIpc) is 2.95. The first-order chi connectivity index (χ1) is 12.5. The van der Waals surface area contributed by atoms with Crippen molar-refractivity contribution in [1.29, 1.82) is 0 Å². The predicted octanol–water partition coefficient (Wildman–Crippen LogP) is 2.91. The molecule has 0 unspecified atom stereocenters. The van der Waals surface area contributed by atoms with E-state index in [1.807, 2.05) is 0 Å². The van der Waals surface area contributed by atoms with E-state index in [4.69, 9.17) is 5.21 Å². The number of nitrogens with zero attached hydrogens (tertiary/aromatic N) is 5. The highest BCUT2D eigenvalue weighted by Gasteiger charge is 2.15. The van der Waals surface area contributed by atoms with Gasteiger partial charge >= 0.3 is 0 Å². The number of oxime groups is 1. The van der Waals surface area contributed by atoms with Crippen LogP contribution < -0.4 is 0 Å². The summed E-state index contributed by atoms with van der Waals surface area (Å²) >= 11 is 0. The van der Waals surface area contributed by atoms with Crippen LogP contribution in [-0.4, -0.2) is 37.3 Å². The molecule has 0 aliphatic heterocycles. The number of aromatic amines is 1. The molecule has 0 bridgehead atoms. The van der Waals surface area contributed by atoms with E-state index in [9.17, 15) is 20.0 Å². The fourth-order valence-electron chi connectivity index (χ4n) is 2.19. The monoisotopic (exact) mass is 354 g/mol. The Bertz CT molecular complexity index is 1050. The summed E-state index contributed by atoms with van der Waals surface area (Å²) in [6.07, 6.45) is 2.31. The lowest BCUT2D eigenvalue weighted by Gasteiger charge is -1.95. The van der Waals surface area contributed by atoms with Crippen LogP contribution in [0.3, 0.4) is 0 Å². The maximum atomic E-state index is 12.0. The van der Waals surface area contributed by atoms with Crippen LogP contribution in [0.1, 0.15) is 16.1 Å². The van der Waals surface area contributed by atoms with Gasteiger partial charge in [0.2, 0.25) is 5.88 Å². The van der Waals surface area contributed by atoms with Crippen LogP contribution >= 0.6 is 0 Å². The number of pyridine rings is 1. The van der Waals surface area contributed by atoms with E-state index in [0.29, 0.717) is 11.2 Å². The van der Waals surface area contributed by atoms with E-state index < -0.39 is 10.8 Å². The number of benzene rings is 1. The standard InChI is InChI=1S/C15H10N6O5/c22-14(8-1-2-9(7-17-24)16-6-8)20-19-13-11-5-10(21(25)26)3-4-12(11)18-15(13)23/h1-7,18,23-24H/b17-7+,20-19?. The second-order valence-corrected chi connectivity index (χ2v) is 5.03. The molecule has 0 saturated carbocycles. The number of rotatable bonds is 4. The van der Waals surface area contributed by atoms with Gasteiger partial charge in [0.25, 0.3) is 11.6 Å². The fraction of sp³-hybridized carbons (Fsp3) is 0. The highest BCUT2D eigenvalue weighted by molar-refractivity contribution is 5.97. The number of carbonyl (C=O) groups is 1. The lowest BCUT2D eigenvalue weighted by atomic mass is 10.2. The first-order valence-corrected chi connectivity index (χ1v) is 7.08. The summed E-state index contributed by atoms with van der Waals surface area (Å²) < 4.78 is 0. The Hall–Kier alpha value is -4.15. The normalized spacial score (nSPS) is 11.5. The van der Waals surface area contributed by atoms with Crippen molar-refractivity contribution in [2.45, 2.75) is 0 Å². The second kappa shape index (κ2) is 6.76. The summed E-state index contributed by atoms with van der Waals surface area (Å²) in [6.45, 7) is 0. The molecule has 11 heteroatoms. The minimum atomic E-state index is -0.732. The average molecular weight is 354 g/mol. The largest absolute Gasteiger partial charge is 0.493 e. The summed E-state index contributed by atoms with van der Waals surface area (Å²) in [5, 5.41) is 39.5. The molecule has 1 amide bonds. The number of hydrogen-bond acceptors (Lipinski definition) is 8. The molecule has 0 aliphatic rings. The third kappa shape index (κ3) is 3.21. The maximum absolute atomic E-state index is 12.0. The zero-order chi connectivity index (χ0) is 18.7. The SMILES string of the molecule is O=C(N=Nc1c(O)[nH]c2ccc([N+](=O)[O-])cc12)c1ccc(/C=N/O)nc1. The van der Waals surface area contributed by atoms with Crippen LogP contribution in [0, 0.1) is 10.1 Å². The Morgan fingerprint density at radius 3 is 2.77 bits per heavy atom. The Balaban J connectivity index is 1.92. The zero-order valence-corrected chi connectivity index (χ0v) is 12.9. The number of nitrogens with one attached hydrogen (secondary N) is 1. The molecule has 0 spiro atoms. The second-order valence-electron chi connectivity index (χ2n) is 5.03. The van der Waals surface area contributed by atoms with Crippen LogP contribution in [0.25, 0.3) is 10.9 Å². The molecule has 0 aliphatic carbocycles. The molecule has 0 fully saturated rings. The maximum Gasteiger partial charge on any atom is 0.296 e. The summed E-state index contributed by atoms with van der Waals surface area (Å²) in [7, 11) is 0. The van der Waals surface area contributed by atoms with Gasteiger partial charge in [-0.1, -0.05) is 5.16 Å². The summed E-state index contributed by atoms with van der Waals surface area (Å²) in [6, 6.07) is 6.75. The molecule has 3 rings (SSSR count). The van der Waals surface area contributed by atoms with Crippen LogP contribution in [0.5, 0.6) is 5.88 Å². The van der Waals surface area contributed by atoms with Crippen molar-refractivity contribution in [3.63, 3.8) is 0 Å². The molecule has 0 saturated heterocycles. The minimum absolute atomic E-state index is 0.0888. The van der Waals surface area contributed by atoms with Gasteiger partial charge in [-0.25, -0.2) is 0 Å². The van der Waals surface area contributed by atoms with Crippen molar-refractivity contribution in [3.05, 3.63) is 57.9 Å². The van der Waals surface area contributed by atoms with Crippen molar-refractivity contribution < 1.29 is 20.0 Å². The lowest BCUT2D eigenvalue weighted by molar-refractivity contribution is -0.384. The third-order valence-corrected chi connectivity index (χ3v) is 3.41. The van der Waals surface area contributed by atoms with Gasteiger partial charge < -0.3 is 15.3 Å². The van der Waals surface area contributed by atoms with E-state index in [1.165, 1.54) is 36.5 Å². The smallest absolute Gasteiger partial charge is 0.296 e. The van der Waals surface area contributed by atoms with E-state index in [1.54, 1.807) is 0 Å². The number of carbonyl (C=O) groups excluding carboxylic acids is 1. The molecule has 2 aromatic heterocycles. The van der Waals surface area contributed by atoms with Gasteiger partial charge in [0, 0.05) is 23.7 Å². The quantitative estimate of drug-likeness (QED) is 0.214. The van der Waals surface area contributed by atoms with E-state index in [0.717, 1.165) is 6.21 Å². The van der Waals surface area contributed by atoms with Crippen molar-refractivity contribution >= 4 is 34.4 Å². The summed E-state index contributed by atoms with van der Waals surface area (Å²) in [5.41, 5.74) is 0.583. The molecule has 130 valence electrons. The number of amides is 1. The molecule has 1 aromatic carbocycles. The Labute approximate surface area is 144 Å². The van der Waals surface area contributed by atoms with Crippen LogP contribution in [0.15, 0.2) is 51.9 Å². The van der Waals surface area contributed by atoms with Gasteiger partial charge in [-0.05, 0) is 18.2 Å². The highest BCUT2D eigenvalue weighted by Crippen LogP contribution is 2.37. The number of non-ortho nitro benzene ring substituents is 1.